The molecular formula is C26H23F3N2O2. The summed E-state index contributed by atoms with van der Waals surface area (Å²) in [6.45, 7) is 1.01. The number of alkyl halides is 3. The summed E-state index contributed by atoms with van der Waals surface area (Å²) >= 11 is 0. The molecule has 0 atom stereocenters. The maximum Gasteiger partial charge on any atom is 0.417 e. The lowest BCUT2D eigenvalue weighted by Gasteiger charge is -2.30. The highest BCUT2D eigenvalue weighted by Crippen LogP contribution is 2.33. The van der Waals surface area contributed by atoms with Crippen molar-refractivity contribution in [2.75, 3.05) is 13.1 Å². The predicted octanol–water partition coefficient (Wildman–Crippen LogP) is 4.88. The van der Waals surface area contributed by atoms with E-state index in [9.17, 15) is 22.8 Å². The van der Waals surface area contributed by atoms with E-state index in [1.807, 2.05) is 30.3 Å². The summed E-state index contributed by atoms with van der Waals surface area (Å²) in [6.07, 6.45) is -3.39. The third-order valence-corrected chi connectivity index (χ3v) is 5.77. The van der Waals surface area contributed by atoms with Crippen molar-refractivity contribution in [3.05, 3.63) is 106 Å². The van der Waals surface area contributed by atoms with Crippen LogP contribution in [0, 0.1) is 0 Å². The first kappa shape index (κ1) is 22.6. The van der Waals surface area contributed by atoms with Crippen LogP contribution in [0.2, 0.25) is 0 Å². The van der Waals surface area contributed by atoms with Crippen molar-refractivity contribution >= 4 is 11.8 Å². The van der Waals surface area contributed by atoms with Crippen molar-refractivity contribution in [1.82, 2.24) is 10.2 Å². The number of benzene rings is 3. The number of hydrogen-bond donors (Lipinski definition) is 1. The lowest BCUT2D eigenvalue weighted by Crippen LogP contribution is -2.37. The van der Waals surface area contributed by atoms with Crippen molar-refractivity contribution in [1.29, 1.82) is 0 Å². The van der Waals surface area contributed by atoms with Crippen LogP contribution >= 0.6 is 0 Å². The van der Waals surface area contributed by atoms with Gasteiger partial charge in [0, 0.05) is 25.2 Å². The van der Waals surface area contributed by atoms with Crippen molar-refractivity contribution in [2.45, 2.75) is 25.6 Å². The lowest BCUT2D eigenvalue weighted by atomic mass is 9.96. The summed E-state index contributed by atoms with van der Waals surface area (Å²) in [5.41, 5.74) is 2.16. The van der Waals surface area contributed by atoms with Crippen molar-refractivity contribution in [3.8, 4) is 0 Å². The van der Waals surface area contributed by atoms with Gasteiger partial charge < -0.3 is 10.2 Å². The standard InChI is InChI=1S/C26H23F3N2O2/c27-26(28,29)23-9-5-4-8-22(23)25(33)31-15-13-19-16-20(10-11-21(19)17-31)24(32)30-14-12-18-6-2-1-3-7-18/h1-11,16H,12-15,17H2,(H,30,32). The van der Waals surface area contributed by atoms with Gasteiger partial charge in [-0.3, -0.25) is 9.59 Å². The summed E-state index contributed by atoms with van der Waals surface area (Å²) < 4.78 is 39.9. The van der Waals surface area contributed by atoms with Crippen LogP contribution in [0.15, 0.2) is 72.8 Å². The highest BCUT2D eigenvalue weighted by atomic mass is 19.4. The first-order valence-corrected chi connectivity index (χ1v) is 10.7. The minimum absolute atomic E-state index is 0.175. The van der Waals surface area contributed by atoms with E-state index in [1.54, 1.807) is 18.2 Å². The summed E-state index contributed by atoms with van der Waals surface area (Å²) in [6, 6.07) is 20.0. The number of carbonyl (C=O) groups excluding carboxylic acids is 2. The second-order valence-corrected chi connectivity index (χ2v) is 8.00. The third-order valence-electron chi connectivity index (χ3n) is 5.77. The van der Waals surface area contributed by atoms with Crippen molar-refractivity contribution < 1.29 is 22.8 Å². The lowest BCUT2D eigenvalue weighted by molar-refractivity contribution is -0.138. The molecule has 3 aromatic rings. The van der Waals surface area contributed by atoms with Crippen LogP contribution in [0.25, 0.3) is 0 Å². The maximum atomic E-state index is 13.3. The van der Waals surface area contributed by atoms with E-state index in [0.29, 0.717) is 18.5 Å². The molecule has 4 rings (SSSR count). The van der Waals surface area contributed by atoms with Crippen LogP contribution in [-0.4, -0.2) is 29.8 Å². The van der Waals surface area contributed by atoms with Gasteiger partial charge in [0.1, 0.15) is 0 Å². The molecule has 7 heteroatoms. The predicted molar refractivity (Wildman–Crippen MR) is 119 cm³/mol. The Balaban J connectivity index is 1.41. The van der Waals surface area contributed by atoms with Gasteiger partial charge in [-0.1, -0.05) is 48.5 Å². The number of amides is 2. The highest BCUT2D eigenvalue weighted by Gasteiger charge is 2.36. The minimum Gasteiger partial charge on any atom is -0.352 e. The number of fused-ring (bicyclic) bond motifs is 1. The molecule has 33 heavy (non-hydrogen) atoms. The molecule has 0 spiro atoms. The van der Waals surface area contributed by atoms with Crippen molar-refractivity contribution in [3.63, 3.8) is 0 Å². The Morgan fingerprint density at radius 2 is 1.64 bits per heavy atom. The van der Waals surface area contributed by atoms with Gasteiger partial charge in [-0.05, 0) is 53.8 Å². The molecule has 0 aromatic heterocycles. The average molecular weight is 452 g/mol. The largest absolute Gasteiger partial charge is 0.417 e. The van der Waals surface area contributed by atoms with Crippen LogP contribution in [0.3, 0.4) is 0 Å². The van der Waals surface area contributed by atoms with Crippen LogP contribution < -0.4 is 5.32 Å². The quantitative estimate of drug-likeness (QED) is 0.600. The minimum atomic E-state index is -4.59. The van der Waals surface area contributed by atoms with E-state index >= 15 is 0 Å². The fraction of sp³-hybridized carbons (Fsp3) is 0.231. The molecule has 3 aromatic carbocycles. The van der Waals surface area contributed by atoms with Crippen LogP contribution in [0.5, 0.6) is 0 Å². The fourth-order valence-electron chi connectivity index (χ4n) is 4.02. The molecule has 0 radical (unpaired) electrons. The van der Waals surface area contributed by atoms with E-state index in [2.05, 4.69) is 5.32 Å². The Kier molecular flexibility index (Phi) is 6.49. The van der Waals surface area contributed by atoms with Crippen molar-refractivity contribution in [2.24, 2.45) is 0 Å². The van der Waals surface area contributed by atoms with Crippen LogP contribution in [-0.2, 0) is 25.6 Å². The Hall–Kier alpha value is -3.61. The van der Waals surface area contributed by atoms with Gasteiger partial charge in [0.25, 0.3) is 11.8 Å². The fourth-order valence-corrected chi connectivity index (χ4v) is 4.02. The number of nitrogens with one attached hydrogen (secondary N) is 1. The second-order valence-electron chi connectivity index (χ2n) is 8.00. The molecule has 0 saturated carbocycles. The molecule has 170 valence electrons. The Bertz CT molecular complexity index is 1160. The molecule has 0 bridgehead atoms. The molecule has 1 aliphatic rings. The number of carbonyl (C=O) groups is 2. The molecule has 1 aliphatic heterocycles. The molecule has 0 saturated heterocycles. The first-order chi connectivity index (χ1) is 15.8. The van der Waals surface area contributed by atoms with Gasteiger partial charge >= 0.3 is 6.18 Å². The van der Waals surface area contributed by atoms with E-state index in [1.165, 1.54) is 23.1 Å². The number of halogens is 3. The summed E-state index contributed by atoms with van der Waals surface area (Å²) in [5, 5.41) is 2.91. The van der Waals surface area contributed by atoms with Gasteiger partial charge in [0.2, 0.25) is 0 Å². The van der Waals surface area contributed by atoms with Gasteiger partial charge in [-0.25, -0.2) is 0 Å². The molecule has 0 unspecified atom stereocenters. The first-order valence-electron chi connectivity index (χ1n) is 10.7. The van der Waals surface area contributed by atoms with E-state index in [-0.39, 0.29) is 24.6 Å². The summed E-state index contributed by atoms with van der Waals surface area (Å²) in [4.78, 5) is 26.8. The molecule has 0 fully saturated rings. The number of hydrogen-bond acceptors (Lipinski definition) is 2. The zero-order valence-corrected chi connectivity index (χ0v) is 17.9. The van der Waals surface area contributed by atoms with Gasteiger partial charge in [0.05, 0.1) is 11.1 Å². The number of rotatable bonds is 5. The summed E-state index contributed by atoms with van der Waals surface area (Å²) in [7, 11) is 0. The van der Waals surface area contributed by atoms with E-state index in [4.69, 9.17) is 0 Å². The molecule has 4 nitrogen and oxygen atoms in total. The normalized spacial score (nSPS) is 13.4. The zero-order valence-electron chi connectivity index (χ0n) is 17.9. The van der Waals surface area contributed by atoms with E-state index < -0.39 is 17.6 Å². The van der Waals surface area contributed by atoms with Gasteiger partial charge in [0.15, 0.2) is 0 Å². The van der Waals surface area contributed by atoms with Gasteiger partial charge in [-0.2, -0.15) is 13.2 Å². The second kappa shape index (κ2) is 9.48. The molecule has 0 aliphatic carbocycles. The Morgan fingerprint density at radius 3 is 2.39 bits per heavy atom. The summed E-state index contributed by atoms with van der Waals surface area (Å²) in [5.74, 6) is -0.817. The number of nitrogens with zero attached hydrogens (tertiary/aromatic N) is 1. The zero-order chi connectivity index (χ0) is 23.4. The third kappa shape index (κ3) is 5.25. The molecule has 2 amide bonds. The maximum absolute atomic E-state index is 13.3. The van der Waals surface area contributed by atoms with Crippen LogP contribution in [0.1, 0.15) is 43.0 Å². The SMILES string of the molecule is O=C(NCCc1ccccc1)c1ccc2c(c1)CCN(C(=O)c1ccccc1C(F)(F)F)C2. The Morgan fingerprint density at radius 1 is 0.909 bits per heavy atom. The monoisotopic (exact) mass is 452 g/mol. The highest BCUT2D eigenvalue weighted by molar-refractivity contribution is 5.96. The van der Waals surface area contributed by atoms with Crippen LogP contribution in [0.4, 0.5) is 13.2 Å². The molecular weight excluding hydrogens is 429 g/mol. The van der Waals surface area contributed by atoms with Gasteiger partial charge in [-0.15, -0.1) is 0 Å². The smallest absolute Gasteiger partial charge is 0.352 e. The topological polar surface area (TPSA) is 49.4 Å². The Labute approximate surface area is 190 Å². The van der Waals surface area contributed by atoms with E-state index in [0.717, 1.165) is 29.2 Å². The molecule has 1 N–H and O–H groups in total. The average Bonchev–Trinajstić information content (AvgIpc) is 2.83. The molecule has 1 heterocycles.